The van der Waals surface area contributed by atoms with Crippen LogP contribution >= 0.6 is 0 Å². The Morgan fingerprint density at radius 2 is 1.86 bits per heavy atom. The van der Waals surface area contributed by atoms with Crippen molar-refractivity contribution in [2.24, 2.45) is 7.05 Å². The molecule has 0 bridgehead atoms. The number of benzene rings is 1. The van der Waals surface area contributed by atoms with E-state index in [2.05, 4.69) is 15.3 Å². The first-order valence-electron chi connectivity index (χ1n) is 10.8. The van der Waals surface area contributed by atoms with Gasteiger partial charge in [0.1, 0.15) is 11.4 Å². The van der Waals surface area contributed by atoms with Gasteiger partial charge in [0.2, 0.25) is 16.0 Å². The van der Waals surface area contributed by atoms with Gasteiger partial charge in [-0.05, 0) is 25.0 Å². The topological polar surface area (TPSA) is 106 Å². The molecule has 0 unspecified atom stereocenters. The van der Waals surface area contributed by atoms with E-state index in [1.54, 1.807) is 31.4 Å². The summed E-state index contributed by atoms with van der Waals surface area (Å²) in [4.78, 5) is 21.8. The fraction of sp³-hybridized carbons (Fsp3) is 0.409. The molecule has 0 aliphatic carbocycles. The Bertz CT molecular complexity index is 1400. The lowest BCUT2D eigenvalue weighted by atomic mass is 10.1. The third-order valence-electron chi connectivity index (χ3n) is 5.87. The Balaban J connectivity index is 1.52. The Hall–Kier alpha value is -3.19. The van der Waals surface area contributed by atoms with Gasteiger partial charge in [0, 0.05) is 43.3 Å². The first-order chi connectivity index (χ1) is 16.5. The maximum Gasteiger partial charge on any atom is 0.404 e. The van der Waals surface area contributed by atoms with Gasteiger partial charge in [0.25, 0.3) is 5.56 Å². The Kier molecular flexibility index (Phi) is 6.73. The molecule has 35 heavy (non-hydrogen) atoms. The predicted octanol–water partition coefficient (Wildman–Crippen LogP) is 2.77. The number of methoxy groups -OCH3 is 1. The zero-order valence-corrected chi connectivity index (χ0v) is 19.9. The average molecular weight is 512 g/mol. The van der Waals surface area contributed by atoms with Gasteiger partial charge in [-0.25, -0.2) is 17.7 Å². The average Bonchev–Trinajstić information content (AvgIpc) is 2.80. The molecular formula is C22H24F3N5O4S. The number of rotatable bonds is 6. The number of anilines is 1. The number of pyridine rings is 1. The SMILES string of the molecule is COc1ccccc1-c1cc2cnc(NC3CCN(S(=O)(=O)CC(F)(F)F)CC3)nc2n(C)c1=O. The number of hydrogen-bond donors (Lipinski definition) is 1. The number of nitrogens with one attached hydrogen (secondary N) is 1. The van der Waals surface area contributed by atoms with E-state index < -0.39 is 22.0 Å². The van der Waals surface area contributed by atoms with E-state index >= 15 is 0 Å². The molecule has 4 rings (SSSR count). The molecule has 1 aromatic carbocycles. The highest BCUT2D eigenvalue weighted by atomic mass is 32.2. The zero-order valence-electron chi connectivity index (χ0n) is 19.0. The first-order valence-corrected chi connectivity index (χ1v) is 12.4. The predicted molar refractivity (Wildman–Crippen MR) is 125 cm³/mol. The van der Waals surface area contributed by atoms with Crippen LogP contribution in [0.15, 0.2) is 41.3 Å². The number of alkyl halides is 3. The molecule has 1 aliphatic heterocycles. The molecule has 0 atom stereocenters. The smallest absolute Gasteiger partial charge is 0.404 e. The van der Waals surface area contributed by atoms with Crippen molar-refractivity contribution in [1.82, 2.24) is 18.8 Å². The summed E-state index contributed by atoms with van der Waals surface area (Å²) in [5.41, 5.74) is 1.22. The number of halogens is 3. The van der Waals surface area contributed by atoms with Crippen LogP contribution in [0.5, 0.6) is 5.75 Å². The van der Waals surface area contributed by atoms with Gasteiger partial charge in [-0.1, -0.05) is 18.2 Å². The Labute approximate surface area is 199 Å². The summed E-state index contributed by atoms with van der Waals surface area (Å²) in [6.07, 6.45) is -2.62. The van der Waals surface area contributed by atoms with Crippen molar-refractivity contribution in [3.63, 3.8) is 0 Å². The minimum atomic E-state index is -4.78. The van der Waals surface area contributed by atoms with E-state index in [1.807, 2.05) is 12.1 Å². The van der Waals surface area contributed by atoms with Crippen LogP contribution in [0.3, 0.4) is 0 Å². The third kappa shape index (κ3) is 5.40. The van der Waals surface area contributed by atoms with Crippen molar-refractivity contribution in [2.75, 3.05) is 31.3 Å². The second kappa shape index (κ2) is 9.46. The molecule has 0 spiro atoms. The minimum Gasteiger partial charge on any atom is -0.496 e. The Morgan fingerprint density at radius 1 is 1.17 bits per heavy atom. The lowest BCUT2D eigenvalue weighted by Crippen LogP contribution is -2.45. The molecule has 1 N–H and O–H groups in total. The monoisotopic (exact) mass is 511 g/mol. The van der Waals surface area contributed by atoms with E-state index in [0.717, 1.165) is 4.31 Å². The molecule has 9 nitrogen and oxygen atoms in total. The number of fused-ring (bicyclic) bond motifs is 1. The minimum absolute atomic E-state index is 0.0373. The summed E-state index contributed by atoms with van der Waals surface area (Å²) in [6, 6.07) is 8.65. The number of sulfonamides is 1. The molecule has 1 saturated heterocycles. The maximum atomic E-state index is 13.1. The largest absolute Gasteiger partial charge is 0.496 e. The standard InChI is InChI=1S/C22H24F3N5O4S/c1-29-19-14(11-17(20(29)31)16-5-3-4-6-18(16)34-2)12-26-21(28-19)27-15-7-9-30(10-8-15)35(32,33)13-22(23,24)25/h3-6,11-12,15H,7-10,13H2,1-2H3,(H,26,27,28). The lowest BCUT2D eigenvalue weighted by Gasteiger charge is -2.31. The summed E-state index contributed by atoms with van der Waals surface area (Å²) in [5, 5.41) is 3.73. The third-order valence-corrected chi connectivity index (χ3v) is 7.72. The molecule has 0 radical (unpaired) electrons. The number of aryl methyl sites for hydroxylation is 1. The summed E-state index contributed by atoms with van der Waals surface area (Å²) in [6.45, 7) is -0.0746. The molecule has 1 fully saturated rings. The summed E-state index contributed by atoms with van der Waals surface area (Å²) in [5.74, 6) is -1.06. The van der Waals surface area contributed by atoms with Crippen LogP contribution in [0, 0.1) is 0 Å². The van der Waals surface area contributed by atoms with Crippen LogP contribution in [-0.4, -0.2) is 65.4 Å². The van der Waals surface area contributed by atoms with Crippen LogP contribution < -0.4 is 15.6 Å². The van der Waals surface area contributed by atoms with Crippen LogP contribution in [0.2, 0.25) is 0 Å². The second-order valence-corrected chi connectivity index (χ2v) is 10.3. The van der Waals surface area contributed by atoms with Gasteiger partial charge >= 0.3 is 6.18 Å². The van der Waals surface area contributed by atoms with Crippen LogP contribution in [0.4, 0.5) is 19.1 Å². The van der Waals surface area contributed by atoms with Crippen molar-refractivity contribution in [3.05, 3.63) is 46.9 Å². The second-order valence-electron chi connectivity index (χ2n) is 8.28. The molecule has 2 aromatic heterocycles. The summed E-state index contributed by atoms with van der Waals surface area (Å²) < 4.78 is 69.3. The van der Waals surface area contributed by atoms with Crippen molar-refractivity contribution in [3.8, 4) is 16.9 Å². The van der Waals surface area contributed by atoms with E-state index in [4.69, 9.17) is 4.74 Å². The summed E-state index contributed by atoms with van der Waals surface area (Å²) in [7, 11) is -1.28. The zero-order chi connectivity index (χ0) is 25.4. The Morgan fingerprint density at radius 3 is 2.51 bits per heavy atom. The quantitative estimate of drug-likeness (QED) is 0.543. The van der Waals surface area contributed by atoms with Crippen molar-refractivity contribution < 1.29 is 26.3 Å². The van der Waals surface area contributed by atoms with Gasteiger partial charge in [-0.3, -0.25) is 9.36 Å². The maximum absolute atomic E-state index is 13.1. The molecule has 3 heterocycles. The van der Waals surface area contributed by atoms with Crippen molar-refractivity contribution in [2.45, 2.75) is 25.1 Å². The van der Waals surface area contributed by atoms with E-state index in [-0.39, 0.29) is 30.6 Å². The fourth-order valence-electron chi connectivity index (χ4n) is 4.14. The number of aromatic nitrogens is 3. The molecule has 188 valence electrons. The number of para-hydroxylation sites is 1. The van der Waals surface area contributed by atoms with E-state index in [0.29, 0.717) is 40.8 Å². The summed E-state index contributed by atoms with van der Waals surface area (Å²) >= 11 is 0. The lowest BCUT2D eigenvalue weighted by molar-refractivity contribution is -0.107. The van der Waals surface area contributed by atoms with Gasteiger partial charge in [-0.15, -0.1) is 0 Å². The molecule has 13 heteroatoms. The van der Waals surface area contributed by atoms with Gasteiger partial charge in [-0.2, -0.15) is 18.2 Å². The van der Waals surface area contributed by atoms with Crippen LogP contribution in [0.25, 0.3) is 22.2 Å². The van der Waals surface area contributed by atoms with E-state index in [9.17, 15) is 26.4 Å². The highest BCUT2D eigenvalue weighted by Gasteiger charge is 2.39. The highest BCUT2D eigenvalue weighted by molar-refractivity contribution is 7.89. The van der Waals surface area contributed by atoms with Gasteiger partial charge < -0.3 is 10.1 Å². The van der Waals surface area contributed by atoms with Gasteiger partial charge in [0.15, 0.2) is 5.75 Å². The number of ether oxygens (including phenoxy) is 1. The molecular weight excluding hydrogens is 487 g/mol. The highest BCUT2D eigenvalue weighted by Crippen LogP contribution is 2.29. The van der Waals surface area contributed by atoms with Crippen LogP contribution in [0.1, 0.15) is 12.8 Å². The number of hydrogen-bond acceptors (Lipinski definition) is 7. The molecule has 0 saturated carbocycles. The molecule has 3 aromatic rings. The molecule has 0 amide bonds. The fourth-order valence-corrected chi connectivity index (χ4v) is 5.50. The number of piperidine rings is 1. The van der Waals surface area contributed by atoms with Crippen molar-refractivity contribution >= 4 is 27.0 Å². The van der Waals surface area contributed by atoms with E-state index in [1.165, 1.54) is 11.7 Å². The van der Waals surface area contributed by atoms with Gasteiger partial charge in [0.05, 0.1) is 12.7 Å². The number of nitrogens with zero attached hydrogens (tertiary/aromatic N) is 4. The normalized spacial score (nSPS) is 15.9. The first kappa shape index (κ1) is 24.9. The van der Waals surface area contributed by atoms with Crippen LogP contribution in [-0.2, 0) is 17.1 Å². The van der Waals surface area contributed by atoms with Crippen molar-refractivity contribution in [1.29, 1.82) is 0 Å². The molecule has 1 aliphatic rings.